The second-order valence-corrected chi connectivity index (χ2v) is 4.40. The number of carbonyl (C=O) groups excluding carboxylic acids is 1. The number of terminal acetylenes is 1. The molecule has 0 aliphatic heterocycles. The molecule has 1 amide bonds. The summed E-state index contributed by atoms with van der Waals surface area (Å²) in [4.78, 5) is 11.5. The van der Waals surface area contributed by atoms with Crippen molar-refractivity contribution >= 4 is 5.91 Å². The number of nitrogens with two attached hydrogens (primary N) is 1. The Morgan fingerprint density at radius 3 is 2.76 bits per heavy atom. The average Bonchev–Trinajstić information content (AvgIpc) is 2.34. The zero-order chi connectivity index (χ0) is 12.9. The molecule has 0 radical (unpaired) electrons. The molecular weight excluding hydrogens is 212 g/mol. The Hall–Kier alpha value is -1.01. The number of amides is 1. The molecule has 3 N–H and O–H groups in total. The quantitative estimate of drug-likeness (QED) is 0.452. The van der Waals surface area contributed by atoms with Crippen molar-refractivity contribution in [3.05, 3.63) is 0 Å². The molecule has 3 heteroatoms. The molecule has 0 aromatic heterocycles. The van der Waals surface area contributed by atoms with Crippen molar-refractivity contribution in [1.82, 2.24) is 5.32 Å². The third-order valence-corrected chi connectivity index (χ3v) is 3.00. The SMILES string of the molecule is C#CCCCCNC(=O)CCC(CC)CCN. The fourth-order valence-electron chi connectivity index (χ4n) is 1.79. The summed E-state index contributed by atoms with van der Waals surface area (Å²) in [7, 11) is 0. The van der Waals surface area contributed by atoms with Crippen LogP contribution in [0.4, 0.5) is 0 Å². The van der Waals surface area contributed by atoms with E-state index >= 15 is 0 Å². The van der Waals surface area contributed by atoms with Gasteiger partial charge in [0.05, 0.1) is 0 Å². The van der Waals surface area contributed by atoms with E-state index in [4.69, 9.17) is 12.2 Å². The Labute approximate surface area is 106 Å². The van der Waals surface area contributed by atoms with E-state index in [1.54, 1.807) is 0 Å². The third-order valence-electron chi connectivity index (χ3n) is 3.00. The Kier molecular flexibility index (Phi) is 10.8. The van der Waals surface area contributed by atoms with Crippen LogP contribution < -0.4 is 11.1 Å². The van der Waals surface area contributed by atoms with Crippen LogP contribution in [0.15, 0.2) is 0 Å². The zero-order valence-electron chi connectivity index (χ0n) is 11.0. The molecule has 0 saturated carbocycles. The number of carbonyl (C=O) groups is 1. The van der Waals surface area contributed by atoms with Gasteiger partial charge in [0.2, 0.25) is 5.91 Å². The van der Waals surface area contributed by atoms with E-state index in [2.05, 4.69) is 18.2 Å². The Morgan fingerprint density at radius 2 is 2.18 bits per heavy atom. The summed E-state index contributed by atoms with van der Waals surface area (Å²) in [6, 6.07) is 0. The van der Waals surface area contributed by atoms with Gasteiger partial charge in [-0.1, -0.05) is 13.3 Å². The summed E-state index contributed by atoms with van der Waals surface area (Å²) in [6.45, 7) is 3.61. The molecule has 0 heterocycles. The van der Waals surface area contributed by atoms with Gasteiger partial charge in [-0.15, -0.1) is 12.3 Å². The summed E-state index contributed by atoms with van der Waals surface area (Å²) < 4.78 is 0. The van der Waals surface area contributed by atoms with Crippen LogP contribution in [0.1, 0.15) is 51.9 Å². The first-order valence-corrected chi connectivity index (χ1v) is 6.64. The minimum absolute atomic E-state index is 0.154. The van der Waals surface area contributed by atoms with Crippen LogP contribution >= 0.6 is 0 Å². The first-order chi connectivity index (χ1) is 8.24. The molecule has 0 rings (SSSR count). The van der Waals surface area contributed by atoms with E-state index in [0.717, 1.165) is 45.1 Å². The summed E-state index contributed by atoms with van der Waals surface area (Å²) >= 11 is 0. The van der Waals surface area contributed by atoms with E-state index in [1.165, 1.54) is 0 Å². The van der Waals surface area contributed by atoms with Gasteiger partial charge in [-0.3, -0.25) is 4.79 Å². The second kappa shape index (κ2) is 11.5. The van der Waals surface area contributed by atoms with Gasteiger partial charge >= 0.3 is 0 Å². The lowest BCUT2D eigenvalue weighted by atomic mass is 9.96. The summed E-state index contributed by atoms with van der Waals surface area (Å²) in [5.41, 5.74) is 5.52. The average molecular weight is 238 g/mol. The van der Waals surface area contributed by atoms with Gasteiger partial charge in [0.1, 0.15) is 0 Å². The Bertz CT molecular complexity index is 233. The highest BCUT2D eigenvalue weighted by molar-refractivity contribution is 5.75. The van der Waals surface area contributed by atoms with Crippen LogP contribution in [0.3, 0.4) is 0 Å². The number of unbranched alkanes of at least 4 members (excludes halogenated alkanes) is 2. The van der Waals surface area contributed by atoms with Crippen molar-refractivity contribution < 1.29 is 4.79 Å². The van der Waals surface area contributed by atoms with Gasteiger partial charge in [-0.2, -0.15) is 0 Å². The van der Waals surface area contributed by atoms with Crippen molar-refractivity contribution in [3.63, 3.8) is 0 Å². The summed E-state index contributed by atoms with van der Waals surface area (Å²) in [5.74, 6) is 3.34. The first kappa shape index (κ1) is 16.0. The minimum atomic E-state index is 0.154. The lowest BCUT2D eigenvalue weighted by Gasteiger charge is -2.13. The highest BCUT2D eigenvalue weighted by Gasteiger charge is 2.08. The van der Waals surface area contributed by atoms with Crippen LogP contribution in [0.5, 0.6) is 0 Å². The fourth-order valence-corrected chi connectivity index (χ4v) is 1.79. The molecule has 3 nitrogen and oxygen atoms in total. The molecule has 0 aliphatic carbocycles. The highest BCUT2D eigenvalue weighted by atomic mass is 16.1. The molecule has 0 saturated heterocycles. The second-order valence-electron chi connectivity index (χ2n) is 4.40. The standard InChI is InChI=1S/C14H26N2O/c1-3-5-6-7-12-16-14(17)9-8-13(4-2)10-11-15/h1,13H,4-12,15H2,2H3,(H,16,17). The van der Waals surface area contributed by atoms with E-state index in [-0.39, 0.29) is 5.91 Å². The maximum atomic E-state index is 11.5. The number of nitrogens with one attached hydrogen (secondary N) is 1. The van der Waals surface area contributed by atoms with E-state index in [9.17, 15) is 4.79 Å². The molecular formula is C14H26N2O. The van der Waals surface area contributed by atoms with Crippen molar-refractivity contribution in [2.45, 2.75) is 51.9 Å². The van der Waals surface area contributed by atoms with Crippen LogP contribution in [0, 0.1) is 18.3 Å². The van der Waals surface area contributed by atoms with Crippen LogP contribution in [-0.2, 0) is 4.79 Å². The predicted molar refractivity (Wildman–Crippen MR) is 72.4 cm³/mol. The zero-order valence-corrected chi connectivity index (χ0v) is 11.0. The van der Waals surface area contributed by atoms with Gasteiger partial charge < -0.3 is 11.1 Å². The van der Waals surface area contributed by atoms with Crippen LogP contribution in [0.25, 0.3) is 0 Å². The number of hydrogen-bond donors (Lipinski definition) is 2. The minimum Gasteiger partial charge on any atom is -0.356 e. The molecule has 0 bridgehead atoms. The van der Waals surface area contributed by atoms with Crippen molar-refractivity contribution in [3.8, 4) is 12.3 Å². The van der Waals surface area contributed by atoms with Crippen molar-refractivity contribution in [2.24, 2.45) is 11.7 Å². The number of rotatable bonds is 10. The van der Waals surface area contributed by atoms with Crippen molar-refractivity contribution in [2.75, 3.05) is 13.1 Å². The normalized spacial score (nSPS) is 11.8. The van der Waals surface area contributed by atoms with E-state index < -0.39 is 0 Å². The molecule has 0 aliphatic rings. The molecule has 0 aromatic rings. The monoisotopic (exact) mass is 238 g/mol. The van der Waals surface area contributed by atoms with Crippen LogP contribution in [-0.4, -0.2) is 19.0 Å². The van der Waals surface area contributed by atoms with Crippen LogP contribution in [0.2, 0.25) is 0 Å². The molecule has 1 atom stereocenters. The van der Waals surface area contributed by atoms with E-state index in [1.807, 2.05) is 0 Å². The molecule has 0 fully saturated rings. The van der Waals surface area contributed by atoms with Gasteiger partial charge in [0.25, 0.3) is 0 Å². The third kappa shape index (κ3) is 9.89. The number of hydrogen-bond acceptors (Lipinski definition) is 2. The van der Waals surface area contributed by atoms with Gasteiger partial charge in [0.15, 0.2) is 0 Å². The predicted octanol–water partition coefficient (Wildman–Crippen LogP) is 2.06. The smallest absolute Gasteiger partial charge is 0.220 e. The van der Waals surface area contributed by atoms with Gasteiger partial charge in [-0.25, -0.2) is 0 Å². The molecule has 17 heavy (non-hydrogen) atoms. The largest absolute Gasteiger partial charge is 0.356 e. The Balaban J connectivity index is 3.48. The maximum Gasteiger partial charge on any atom is 0.220 e. The van der Waals surface area contributed by atoms with Gasteiger partial charge in [-0.05, 0) is 38.1 Å². The molecule has 0 aromatic carbocycles. The molecule has 1 unspecified atom stereocenters. The van der Waals surface area contributed by atoms with E-state index in [0.29, 0.717) is 18.9 Å². The summed E-state index contributed by atoms with van der Waals surface area (Å²) in [5, 5.41) is 2.92. The molecule has 0 spiro atoms. The lowest BCUT2D eigenvalue weighted by Crippen LogP contribution is -2.25. The van der Waals surface area contributed by atoms with Gasteiger partial charge in [0, 0.05) is 19.4 Å². The summed E-state index contributed by atoms with van der Waals surface area (Å²) in [6.07, 6.45) is 11.6. The molecule has 98 valence electrons. The first-order valence-electron chi connectivity index (χ1n) is 6.64. The highest BCUT2D eigenvalue weighted by Crippen LogP contribution is 2.14. The topological polar surface area (TPSA) is 55.1 Å². The lowest BCUT2D eigenvalue weighted by molar-refractivity contribution is -0.121. The maximum absolute atomic E-state index is 11.5. The Morgan fingerprint density at radius 1 is 1.41 bits per heavy atom. The van der Waals surface area contributed by atoms with Crippen molar-refractivity contribution in [1.29, 1.82) is 0 Å². The fraction of sp³-hybridized carbons (Fsp3) is 0.786.